The maximum Gasteiger partial charge on any atom is 0.266 e. The number of anilines is 4. The van der Waals surface area contributed by atoms with E-state index in [1.165, 1.54) is 43.3 Å². The molecule has 2 aliphatic heterocycles. The fourth-order valence-electron chi connectivity index (χ4n) is 6.60. The first-order chi connectivity index (χ1) is 23.9. The number of H-pyrrole nitrogens is 1. The van der Waals surface area contributed by atoms with Crippen LogP contribution in [0.2, 0.25) is 0 Å². The van der Waals surface area contributed by atoms with E-state index >= 15 is 0 Å². The van der Waals surface area contributed by atoms with E-state index in [9.17, 15) is 4.79 Å². The minimum atomic E-state index is -0.00382. The minimum absolute atomic E-state index is 0.00382. The van der Waals surface area contributed by atoms with Gasteiger partial charge in [0.2, 0.25) is 0 Å². The Kier molecular flexibility index (Phi) is 9.28. The second-order valence-electron chi connectivity index (χ2n) is 12.6. The molecule has 6 aromatic rings. The number of pyridine rings is 2. The van der Waals surface area contributed by atoms with Crippen LogP contribution in [0.25, 0.3) is 33.1 Å². The molecule has 6 N–H and O–H groups in total. The number of aromatic amines is 1. The molecule has 252 valence electrons. The molecule has 0 aliphatic carbocycles. The lowest BCUT2D eigenvalue weighted by atomic mass is 9.95. The molecule has 1 unspecified atom stereocenters. The number of likely N-dealkylation sites (tertiary alicyclic amines) is 1. The first-order valence-corrected chi connectivity index (χ1v) is 16.7. The van der Waals surface area contributed by atoms with Crippen molar-refractivity contribution in [1.29, 1.82) is 0 Å². The number of nitrogens with one attached hydrogen (secondary N) is 2. The van der Waals surface area contributed by atoms with Crippen LogP contribution in [-0.2, 0) is 7.05 Å². The minimum Gasteiger partial charge on any atom is -0.383 e. The molecule has 7 heterocycles. The zero-order valence-corrected chi connectivity index (χ0v) is 27.6. The molecule has 0 saturated carbocycles. The van der Waals surface area contributed by atoms with Crippen LogP contribution in [0.1, 0.15) is 37.3 Å². The van der Waals surface area contributed by atoms with Crippen molar-refractivity contribution in [3.8, 4) is 11.1 Å². The summed E-state index contributed by atoms with van der Waals surface area (Å²) in [5.41, 5.74) is 17.3. The van der Waals surface area contributed by atoms with E-state index in [4.69, 9.17) is 11.5 Å². The molecule has 2 saturated heterocycles. The number of nitrogens with zero attached hydrogens (tertiary/aromatic N) is 9. The Labute approximate surface area is 283 Å². The normalized spacial score (nSPS) is 16.5. The van der Waals surface area contributed by atoms with Gasteiger partial charge in [-0.2, -0.15) is 0 Å². The van der Waals surface area contributed by atoms with Crippen molar-refractivity contribution in [2.45, 2.75) is 31.6 Å². The number of nitrogens with two attached hydrogens (primary N) is 2. The summed E-state index contributed by atoms with van der Waals surface area (Å²) in [6.07, 6.45) is 9.51. The van der Waals surface area contributed by atoms with E-state index in [-0.39, 0.29) is 11.5 Å². The highest BCUT2D eigenvalue weighted by atomic mass is 16.1. The van der Waals surface area contributed by atoms with Gasteiger partial charge in [-0.05, 0) is 86.3 Å². The molecule has 1 aromatic carbocycles. The Balaban J connectivity index is 0.000000154. The first-order valence-electron chi connectivity index (χ1n) is 16.7. The summed E-state index contributed by atoms with van der Waals surface area (Å²) in [5, 5.41) is 7.45. The van der Waals surface area contributed by atoms with Crippen molar-refractivity contribution < 1.29 is 0 Å². The second-order valence-corrected chi connectivity index (χ2v) is 12.6. The lowest BCUT2D eigenvalue weighted by molar-refractivity contribution is 0.352. The summed E-state index contributed by atoms with van der Waals surface area (Å²) in [5.74, 6) is 2.95. The molecular formula is C35H41N13O. The number of benzene rings is 1. The van der Waals surface area contributed by atoms with Crippen LogP contribution < -0.4 is 27.2 Å². The third kappa shape index (κ3) is 7.28. The molecule has 14 nitrogen and oxygen atoms in total. The van der Waals surface area contributed by atoms with E-state index in [0.29, 0.717) is 17.2 Å². The third-order valence-corrected chi connectivity index (χ3v) is 9.28. The lowest BCUT2D eigenvalue weighted by Gasteiger charge is -2.33. The molecule has 2 aliphatic rings. The Morgan fingerprint density at radius 3 is 2.45 bits per heavy atom. The van der Waals surface area contributed by atoms with Crippen LogP contribution in [0, 0.1) is 0 Å². The number of hydrogen-bond donors (Lipinski definition) is 4. The van der Waals surface area contributed by atoms with Crippen LogP contribution in [0.15, 0.2) is 72.2 Å². The molecule has 1 atom stereocenters. The van der Waals surface area contributed by atoms with Gasteiger partial charge in [0.1, 0.15) is 35.6 Å². The highest BCUT2D eigenvalue weighted by Crippen LogP contribution is 2.29. The number of piperidine rings is 1. The predicted molar refractivity (Wildman–Crippen MR) is 193 cm³/mol. The number of nitrogen functional groups attached to an aromatic ring is 2. The van der Waals surface area contributed by atoms with Gasteiger partial charge in [0.15, 0.2) is 5.82 Å². The highest BCUT2D eigenvalue weighted by molar-refractivity contribution is 5.91. The van der Waals surface area contributed by atoms with Gasteiger partial charge in [-0.1, -0.05) is 6.07 Å². The van der Waals surface area contributed by atoms with Gasteiger partial charge in [0, 0.05) is 62.5 Å². The van der Waals surface area contributed by atoms with E-state index in [1.54, 1.807) is 13.1 Å². The predicted octanol–water partition coefficient (Wildman–Crippen LogP) is 3.80. The third-order valence-electron chi connectivity index (χ3n) is 9.28. The van der Waals surface area contributed by atoms with Crippen LogP contribution in [0.3, 0.4) is 0 Å². The quantitative estimate of drug-likeness (QED) is 0.195. The molecule has 14 heteroatoms. The van der Waals surface area contributed by atoms with Gasteiger partial charge in [0.05, 0.1) is 11.0 Å². The number of fused-ring (bicyclic) bond motifs is 2. The highest BCUT2D eigenvalue weighted by Gasteiger charge is 2.24. The fourth-order valence-corrected chi connectivity index (χ4v) is 6.60. The van der Waals surface area contributed by atoms with Crippen LogP contribution in [0.4, 0.5) is 23.3 Å². The van der Waals surface area contributed by atoms with Crippen molar-refractivity contribution in [2.75, 3.05) is 61.0 Å². The molecule has 0 amide bonds. The number of rotatable bonds is 7. The molecule has 0 spiro atoms. The Hall–Kier alpha value is -5.63. The van der Waals surface area contributed by atoms with Gasteiger partial charge >= 0.3 is 0 Å². The molecule has 0 bridgehead atoms. The molecule has 0 radical (unpaired) electrons. The van der Waals surface area contributed by atoms with E-state index in [0.717, 1.165) is 83.9 Å². The van der Waals surface area contributed by atoms with Crippen molar-refractivity contribution in [2.24, 2.45) is 7.05 Å². The smallest absolute Gasteiger partial charge is 0.266 e. The van der Waals surface area contributed by atoms with Gasteiger partial charge in [-0.25, -0.2) is 29.9 Å². The average molecular weight is 660 g/mol. The second kappa shape index (κ2) is 14.2. The topological polar surface area (TPSA) is 186 Å². The van der Waals surface area contributed by atoms with Crippen molar-refractivity contribution >= 4 is 45.2 Å². The van der Waals surface area contributed by atoms with Gasteiger partial charge < -0.3 is 26.6 Å². The van der Waals surface area contributed by atoms with Crippen molar-refractivity contribution in [3.05, 3.63) is 83.4 Å². The zero-order valence-electron chi connectivity index (χ0n) is 27.6. The molecule has 2 fully saturated rings. The molecule has 49 heavy (non-hydrogen) atoms. The number of aromatic nitrogens is 8. The Morgan fingerprint density at radius 2 is 1.63 bits per heavy atom. The van der Waals surface area contributed by atoms with E-state index in [1.807, 2.05) is 36.5 Å². The summed E-state index contributed by atoms with van der Waals surface area (Å²) in [6.45, 7) is 6.15. The van der Waals surface area contributed by atoms with Gasteiger partial charge in [-0.3, -0.25) is 14.6 Å². The summed E-state index contributed by atoms with van der Waals surface area (Å²) < 4.78 is 1.51. The van der Waals surface area contributed by atoms with E-state index in [2.05, 4.69) is 62.3 Å². The maximum atomic E-state index is 11.7. The van der Waals surface area contributed by atoms with Gasteiger partial charge in [-0.15, -0.1) is 0 Å². The fraction of sp³-hybridized carbons (Fsp3) is 0.343. The summed E-state index contributed by atoms with van der Waals surface area (Å²) >= 11 is 0. The maximum absolute atomic E-state index is 11.7. The monoisotopic (exact) mass is 659 g/mol. The average Bonchev–Trinajstić information content (AvgIpc) is 3.78. The SMILES string of the molecule is Cn1[nH]c(C2CCCN(c3ccc4ncnc(N)c4n3)C2)cc1=O.Nc1ncnc2ccc(-c3ccnc(NCCN4CCCC4)c3)cc12. The molecular weight excluding hydrogens is 618 g/mol. The zero-order chi connectivity index (χ0) is 33.7. The van der Waals surface area contributed by atoms with Crippen LogP contribution in [-0.4, -0.2) is 83.9 Å². The van der Waals surface area contributed by atoms with Gasteiger partial charge in [0.25, 0.3) is 5.56 Å². The standard InChI is InChI=1S/C19H22N6.C16H19N7O/c20-19-16-11-14(3-4-17(16)23-13-24-19)15-5-6-21-18(12-15)22-7-10-25-8-1-2-9-25;1-22-14(24)7-12(21-22)10-3-2-6-23(8-10)13-5-4-11-15(20-13)16(17)19-9-18-11/h3-6,11-13H,1-2,7-10H2,(H,21,22)(H2,20,23,24);4-5,7,9-10,21H,2-3,6,8H2,1H3,(H2,17,18,19). The molecule has 8 rings (SSSR count). The Morgan fingerprint density at radius 1 is 0.857 bits per heavy atom. The van der Waals surface area contributed by atoms with Crippen molar-refractivity contribution in [3.63, 3.8) is 0 Å². The Bertz CT molecular complexity index is 2120. The van der Waals surface area contributed by atoms with Crippen LogP contribution in [0.5, 0.6) is 0 Å². The number of aryl methyl sites for hydroxylation is 1. The summed E-state index contributed by atoms with van der Waals surface area (Å²) in [7, 11) is 1.74. The number of hydrogen-bond acceptors (Lipinski definition) is 12. The van der Waals surface area contributed by atoms with E-state index < -0.39 is 0 Å². The summed E-state index contributed by atoms with van der Waals surface area (Å²) in [6, 6.07) is 15.7. The first kappa shape index (κ1) is 31.9. The van der Waals surface area contributed by atoms with Crippen LogP contribution >= 0.6 is 0 Å². The largest absolute Gasteiger partial charge is 0.383 e. The molecule has 5 aromatic heterocycles. The van der Waals surface area contributed by atoms with Crippen molar-refractivity contribution in [1.82, 2.24) is 44.6 Å². The lowest BCUT2D eigenvalue weighted by Crippen LogP contribution is -2.35. The summed E-state index contributed by atoms with van der Waals surface area (Å²) in [4.78, 5) is 42.0.